The van der Waals surface area contributed by atoms with Gasteiger partial charge in [0.05, 0.1) is 11.6 Å². The number of rotatable bonds is 5. The lowest BCUT2D eigenvalue weighted by atomic mass is 10.00. The van der Waals surface area contributed by atoms with Crippen molar-refractivity contribution in [3.8, 4) is 0 Å². The molecule has 0 aliphatic carbocycles. The number of nitrogens with one attached hydrogen (secondary N) is 2. The van der Waals surface area contributed by atoms with Gasteiger partial charge >= 0.3 is 0 Å². The predicted molar refractivity (Wildman–Crippen MR) is 75.5 cm³/mol. The lowest BCUT2D eigenvalue weighted by Crippen LogP contribution is -2.53. The van der Waals surface area contributed by atoms with Crippen LogP contribution in [0.2, 0.25) is 0 Å². The summed E-state index contributed by atoms with van der Waals surface area (Å²) < 4.78 is 0. The van der Waals surface area contributed by atoms with E-state index in [1.54, 1.807) is 0 Å². The molecule has 0 bridgehead atoms. The summed E-state index contributed by atoms with van der Waals surface area (Å²) in [6.07, 6.45) is 0. The van der Waals surface area contributed by atoms with Crippen molar-refractivity contribution < 1.29 is 4.79 Å². The zero-order valence-corrected chi connectivity index (χ0v) is 12.0. The van der Waals surface area contributed by atoms with Gasteiger partial charge in [0.2, 0.25) is 5.91 Å². The summed E-state index contributed by atoms with van der Waals surface area (Å²) in [5, 5.41) is 6.24. The highest BCUT2D eigenvalue weighted by molar-refractivity contribution is 5.85. The molecule has 2 N–H and O–H groups in total. The average Bonchev–Trinajstić information content (AvgIpc) is 2.29. The Hall–Kier alpha value is -1.35. The first-order valence-corrected chi connectivity index (χ1v) is 6.50. The second-order valence-electron chi connectivity index (χ2n) is 5.21. The molecular weight excluding hydrogens is 224 g/mol. The SMILES string of the molecule is CCNC(C)(C)C(=O)NC(C)c1ccccc1C. The highest BCUT2D eigenvalue weighted by atomic mass is 16.2. The molecule has 1 unspecified atom stereocenters. The summed E-state index contributed by atoms with van der Waals surface area (Å²) in [6, 6.07) is 8.15. The van der Waals surface area contributed by atoms with Crippen molar-refractivity contribution in [2.75, 3.05) is 6.54 Å². The summed E-state index contributed by atoms with van der Waals surface area (Å²) >= 11 is 0. The van der Waals surface area contributed by atoms with Crippen LogP contribution in [0.25, 0.3) is 0 Å². The number of carbonyl (C=O) groups excluding carboxylic acids is 1. The van der Waals surface area contributed by atoms with Crippen molar-refractivity contribution in [3.05, 3.63) is 35.4 Å². The topological polar surface area (TPSA) is 41.1 Å². The van der Waals surface area contributed by atoms with E-state index in [-0.39, 0.29) is 11.9 Å². The molecule has 0 aliphatic heterocycles. The Morgan fingerprint density at radius 1 is 1.33 bits per heavy atom. The molecular formula is C15H24N2O. The second-order valence-corrected chi connectivity index (χ2v) is 5.21. The fourth-order valence-electron chi connectivity index (χ4n) is 2.05. The average molecular weight is 248 g/mol. The molecule has 1 atom stereocenters. The van der Waals surface area contributed by atoms with Crippen LogP contribution in [0.1, 0.15) is 44.9 Å². The monoisotopic (exact) mass is 248 g/mol. The van der Waals surface area contributed by atoms with Gasteiger partial charge in [0.25, 0.3) is 0 Å². The van der Waals surface area contributed by atoms with Crippen LogP contribution >= 0.6 is 0 Å². The van der Waals surface area contributed by atoms with E-state index >= 15 is 0 Å². The molecule has 0 heterocycles. The zero-order valence-electron chi connectivity index (χ0n) is 12.0. The number of amides is 1. The van der Waals surface area contributed by atoms with Crippen molar-refractivity contribution in [1.82, 2.24) is 10.6 Å². The molecule has 1 aromatic rings. The third-order valence-electron chi connectivity index (χ3n) is 3.19. The van der Waals surface area contributed by atoms with Crippen molar-refractivity contribution >= 4 is 5.91 Å². The van der Waals surface area contributed by atoms with Crippen molar-refractivity contribution in [3.63, 3.8) is 0 Å². The largest absolute Gasteiger partial charge is 0.348 e. The van der Waals surface area contributed by atoms with Crippen molar-refractivity contribution in [2.24, 2.45) is 0 Å². The van der Waals surface area contributed by atoms with Gasteiger partial charge in [-0.1, -0.05) is 31.2 Å². The number of hydrogen-bond acceptors (Lipinski definition) is 2. The van der Waals surface area contributed by atoms with Gasteiger partial charge < -0.3 is 10.6 Å². The maximum Gasteiger partial charge on any atom is 0.240 e. The molecule has 1 amide bonds. The van der Waals surface area contributed by atoms with E-state index in [0.29, 0.717) is 0 Å². The van der Waals surface area contributed by atoms with Gasteiger partial charge in [0, 0.05) is 0 Å². The smallest absolute Gasteiger partial charge is 0.240 e. The van der Waals surface area contributed by atoms with Crippen LogP contribution in [0, 0.1) is 6.92 Å². The Labute approximate surface area is 110 Å². The number of aryl methyl sites for hydroxylation is 1. The van der Waals surface area contributed by atoms with Crippen LogP contribution in [0.3, 0.4) is 0 Å². The van der Waals surface area contributed by atoms with Crippen LogP contribution < -0.4 is 10.6 Å². The summed E-state index contributed by atoms with van der Waals surface area (Å²) in [4.78, 5) is 12.2. The molecule has 3 nitrogen and oxygen atoms in total. The highest BCUT2D eigenvalue weighted by Gasteiger charge is 2.27. The minimum Gasteiger partial charge on any atom is -0.348 e. The standard InChI is InChI=1S/C15H24N2O/c1-6-16-15(4,5)14(18)17-12(3)13-10-8-7-9-11(13)2/h7-10,12,16H,6H2,1-5H3,(H,17,18). The fraction of sp³-hybridized carbons (Fsp3) is 0.533. The molecule has 0 fully saturated rings. The predicted octanol–water partition coefficient (Wildman–Crippen LogP) is 2.56. The quantitative estimate of drug-likeness (QED) is 0.841. The molecule has 0 aromatic heterocycles. The maximum atomic E-state index is 12.2. The van der Waals surface area contributed by atoms with Gasteiger partial charge in [-0.25, -0.2) is 0 Å². The highest BCUT2D eigenvalue weighted by Crippen LogP contribution is 2.17. The van der Waals surface area contributed by atoms with E-state index in [1.807, 2.05) is 39.8 Å². The first-order valence-electron chi connectivity index (χ1n) is 6.50. The molecule has 18 heavy (non-hydrogen) atoms. The lowest BCUT2D eigenvalue weighted by molar-refractivity contribution is -0.127. The zero-order chi connectivity index (χ0) is 13.8. The van der Waals surface area contributed by atoms with Crippen molar-refractivity contribution in [2.45, 2.75) is 46.2 Å². The second kappa shape index (κ2) is 6.01. The molecule has 0 spiro atoms. The fourth-order valence-corrected chi connectivity index (χ4v) is 2.05. The van der Waals surface area contributed by atoms with E-state index < -0.39 is 5.54 Å². The molecule has 0 saturated carbocycles. The first kappa shape index (κ1) is 14.7. The Morgan fingerprint density at radius 3 is 2.50 bits per heavy atom. The Morgan fingerprint density at radius 2 is 1.94 bits per heavy atom. The van der Waals surface area contributed by atoms with Crippen LogP contribution in [-0.4, -0.2) is 18.0 Å². The third kappa shape index (κ3) is 3.57. The van der Waals surface area contributed by atoms with Crippen LogP contribution in [0.15, 0.2) is 24.3 Å². The lowest BCUT2D eigenvalue weighted by Gasteiger charge is -2.27. The maximum absolute atomic E-state index is 12.2. The molecule has 0 aliphatic rings. The van der Waals surface area contributed by atoms with Crippen LogP contribution in [0.5, 0.6) is 0 Å². The summed E-state index contributed by atoms with van der Waals surface area (Å²) in [5.74, 6) is 0.0279. The van der Waals surface area contributed by atoms with Gasteiger partial charge in [-0.05, 0) is 45.4 Å². The number of likely N-dealkylation sites (N-methyl/N-ethyl adjacent to an activating group) is 1. The van der Waals surface area contributed by atoms with Gasteiger partial charge in [0.15, 0.2) is 0 Å². The molecule has 3 heteroatoms. The van der Waals surface area contributed by atoms with E-state index in [1.165, 1.54) is 5.56 Å². The summed E-state index contributed by atoms with van der Waals surface area (Å²) in [7, 11) is 0. The van der Waals surface area contributed by atoms with Gasteiger partial charge in [0.1, 0.15) is 0 Å². The molecule has 0 radical (unpaired) electrons. The van der Waals surface area contributed by atoms with Gasteiger partial charge in [-0.3, -0.25) is 4.79 Å². The molecule has 1 aromatic carbocycles. The van der Waals surface area contributed by atoms with Gasteiger partial charge in [-0.15, -0.1) is 0 Å². The van der Waals surface area contributed by atoms with E-state index in [0.717, 1.165) is 12.1 Å². The van der Waals surface area contributed by atoms with Gasteiger partial charge in [-0.2, -0.15) is 0 Å². The van der Waals surface area contributed by atoms with E-state index in [9.17, 15) is 4.79 Å². The number of benzene rings is 1. The number of hydrogen-bond donors (Lipinski definition) is 2. The number of carbonyl (C=O) groups is 1. The normalized spacial score (nSPS) is 13.2. The van der Waals surface area contributed by atoms with E-state index in [4.69, 9.17) is 0 Å². The summed E-state index contributed by atoms with van der Waals surface area (Å²) in [6.45, 7) is 10.7. The Kier molecular flexibility index (Phi) is 4.91. The van der Waals surface area contributed by atoms with Crippen LogP contribution in [-0.2, 0) is 4.79 Å². The molecule has 0 saturated heterocycles. The Balaban J connectivity index is 2.74. The minimum atomic E-state index is -0.536. The Bertz CT molecular complexity index is 413. The van der Waals surface area contributed by atoms with Crippen LogP contribution in [0.4, 0.5) is 0 Å². The summed E-state index contributed by atoms with van der Waals surface area (Å²) in [5.41, 5.74) is 1.83. The molecule has 100 valence electrons. The molecule has 1 rings (SSSR count). The first-order chi connectivity index (χ1) is 8.38. The van der Waals surface area contributed by atoms with Crippen molar-refractivity contribution in [1.29, 1.82) is 0 Å². The van der Waals surface area contributed by atoms with E-state index in [2.05, 4.69) is 29.7 Å². The minimum absolute atomic E-state index is 0.0247. The third-order valence-corrected chi connectivity index (χ3v) is 3.19.